The number of methoxy groups -OCH3 is 1. The van der Waals surface area contributed by atoms with E-state index in [1.165, 1.54) is 6.08 Å². The Bertz CT molecular complexity index is 1120. The van der Waals surface area contributed by atoms with Crippen molar-refractivity contribution >= 4 is 34.4 Å². The fraction of sp³-hybridized carbons (Fsp3) is 0.231. The predicted molar refractivity (Wildman–Crippen MR) is 128 cm³/mol. The van der Waals surface area contributed by atoms with Crippen molar-refractivity contribution in [1.29, 1.82) is 0 Å². The van der Waals surface area contributed by atoms with Crippen molar-refractivity contribution in [3.05, 3.63) is 77.9 Å². The van der Waals surface area contributed by atoms with Crippen LogP contribution in [-0.4, -0.2) is 51.6 Å². The Hall–Kier alpha value is -3.80. The Labute approximate surface area is 188 Å². The first-order chi connectivity index (χ1) is 15.4. The molecule has 0 saturated heterocycles. The van der Waals surface area contributed by atoms with Gasteiger partial charge in [0.25, 0.3) is 5.91 Å². The summed E-state index contributed by atoms with van der Waals surface area (Å²) in [5, 5.41) is 2.09. The van der Waals surface area contributed by atoms with Crippen LogP contribution in [0.3, 0.4) is 0 Å². The third kappa shape index (κ3) is 6.11. The molecule has 0 aromatic heterocycles. The molecule has 0 bridgehead atoms. The minimum atomic E-state index is -0.558. The fourth-order valence-electron chi connectivity index (χ4n) is 3.19. The standard InChI is InChI=1S/C26H28N2O4/c1-27(2)23-11-6-20(7-12-23)17-28(3)25(29)18-32-26(30)14-8-19-5-9-22-16-24(31-4)13-10-21(22)15-19/h5-16H,17-18H2,1-4H3/b14-8+. The van der Waals surface area contributed by atoms with Crippen LogP contribution in [0.15, 0.2) is 66.7 Å². The van der Waals surface area contributed by atoms with Gasteiger partial charge < -0.3 is 19.3 Å². The largest absolute Gasteiger partial charge is 0.497 e. The molecule has 3 rings (SSSR count). The maximum atomic E-state index is 12.3. The number of carbonyl (C=O) groups is 2. The number of carbonyl (C=O) groups excluding carboxylic acids is 2. The number of anilines is 1. The first-order valence-electron chi connectivity index (χ1n) is 10.3. The first kappa shape index (κ1) is 22.9. The maximum Gasteiger partial charge on any atom is 0.331 e. The van der Waals surface area contributed by atoms with Crippen molar-refractivity contribution < 1.29 is 19.1 Å². The minimum absolute atomic E-state index is 0.261. The zero-order valence-corrected chi connectivity index (χ0v) is 18.9. The van der Waals surface area contributed by atoms with Crippen LogP contribution in [0.4, 0.5) is 5.69 Å². The summed E-state index contributed by atoms with van der Waals surface area (Å²) in [6, 6.07) is 19.6. The van der Waals surface area contributed by atoms with E-state index in [4.69, 9.17) is 9.47 Å². The number of ether oxygens (including phenoxy) is 2. The molecule has 1 amide bonds. The molecule has 0 spiro atoms. The normalized spacial score (nSPS) is 10.9. The summed E-state index contributed by atoms with van der Waals surface area (Å²) in [6.45, 7) is 0.148. The Balaban J connectivity index is 1.50. The van der Waals surface area contributed by atoms with Crippen molar-refractivity contribution in [1.82, 2.24) is 4.90 Å². The molecule has 0 aliphatic rings. The molecule has 0 N–H and O–H groups in total. The molecule has 0 heterocycles. The van der Waals surface area contributed by atoms with E-state index in [0.717, 1.165) is 33.3 Å². The van der Waals surface area contributed by atoms with Gasteiger partial charge in [0, 0.05) is 39.5 Å². The number of hydrogen-bond donors (Lipinski definition) is 0. The van der Waals surface area contributed by atoms with Crippen LogP contribution in [0, 0.1) is 0 Å². The van der Waals surface area contributed by atoms with E-state index in [1.54, 1.807) is 25.1 Å². The van der Waals surface area contributed by atoms with Crippen LogP contribution < -0.4 is 9.64 Å². The van der Waals surface area contributed by atoms with Crippen LogP contribution in [0.2, 0.25) is 0 Å². The second-order valence-electron chi connectivity index (χ2n) is 7.72. The van der Waals surface area contributed by atoms with Gasteiger partial charge in [0.2, 0.25) is 0 Å². The fourth-order valence-corrected chi connectivity index (χ4v) is 3.19. The SMILES string of the molecule is COc1ccc2cc(/C=C/C(=O)OCC(=O)N(C)Cc3ccc(N(C)C)cc3)ccc2c1. The van der Waals surface area contributed by atoms with Crippen molar-refractivity contribution in [2.45, 2.75) is 6.54 Å². The van der Waals surface area contributed by atoms with E-state index in [9.17, 15) is 9.59 Å². The highest BCUT2D eigenvalue weighted by Crippen LogP contribution is 2.22. The summed E-state index contributed by atoms with van der Waals surface area (Å²) < 4.78 is 10.3. The van der Waals surface area contributed by atoms with Crippen molar-refractivity contribution in [2.24, 2.45) is 0 Å². The van der Waals surface area contributed by atoms with E-state index < -0.39 is 5.97 Å². The average molecular weight is 433 g/mol. The van der Waals surface area contributed by atoms with Gasteiger partial charge in [0.05, 0.1) is 7.11 Å². The van der Waals surface area contributed by atoms with Gasteiger partial charge in [-0.3, -0.25) is 4.79 Å². The van der Waals surface area contributed by atoms with Gasteiger partial charge in [0.1, 0.15) is 5.75 Å². The summed E-state index contributed by atoms with van der Waals surface area (Å²) >= 11 is 0. The van der Waals surface area contributed by atoms with E-state index in [2.05, 4.69) is 0 Å². The molecular weight excluding hydrogens is 404 g/mol. The summed E-state index contributed by atoms with van der Waals surface area (Å²) in [6.07, 6.45) is 3.00. The molecule has 6 nitrogen and oxygen atoms in total. The lowest BCUT2D eigenvalue weighted by Crippen LogP contribution is -2.30. The molecule has 0 fully saturated rings. The van der Waals surface area contributed by atoms with E-state index in [-0.39, 0.29) is 12.5 Å². The smallest absolute Gasteiger partial charge is 0.331 e. The Morgan fingerprint density at radius 1 is 0.906 bits per heavy atom. The highest BCUT2D eigenvalue weighted by Gasteiger charge is 2.11. The van der Waals surface area contributed by atoms with Crippen LogP contribution in [-0.2, 0) is 20.9 Å². The van der Waals surface area contributed by atoms with Crippen LogP contribution in [0.5, 0.6) is 5.75 Å². The molecule has 3 aromatic carbocycles. The van der Waals surface area contributed by atoms with E-state index in [0.29, 0.717) is 6.54 Å². The number of nitrogens with zero attached hydrogens (tertiary/aromatic N) is 2. The molecule has 6 heteroatoms. The van der Waals surface area contributed by atoms with Crippen molar-refractivity contribution in [3.63, 3.8) is 0 Å². The number of esters is 1. The van der Waals surface area contributed by atoms with Crippen molar-refractivity contribution in [2.75, 3.05) is 39.8 Å². The number of amides is 1. The zero-order chi connectivity index (χ0) is 23.1. The third-order valence-corrected chi connectivity index (χ3v) is 5.12. The summed E-state index contributed by atoms with van der Waals surface area (Å²) in [5.41, 5.74) is 2.96. The molecule has 0 radical (unpaired) electrons. The number of likely N-dealkylation sites (N-methyl/N-ethyl adjacent to an activating group) is 1. The topological polar surface area (TPSA) is 59.1 Å². The Morgan fingerprint density at radius 2 is 1.59 bits per heavy atom. The van der Waals surface area contributed by atoms with E-state index >= 15 is 0 Å². The van der Waals surface area contributed by atoms with Crippen LogP contribution in [0.1, 0.15) is 11.1 Å². The van der Waals surface area contributed by atoms with Gasteiger partial charge in [0.15, 0.2) is 6.61 Å². The quantitative estimate of drug-likeness (QED) is 0.396. The maximum absolute atomic E-state index is 12.3. The molecule has 0 unspecified atom stereocenters. The Kier molecular flexibility index (Phi) is 7.49. The average Bonchev–Trinajstić information content (AvgIpc) is 2.80. The molecule has 0 aliphatic heterocycles. The van der Waals surface area contributed by atoms with Gasteiger partial charge in [-0.2, -0.15) is 0 Å². The highest BCUT2D eigenvalue weighted by molar-refractivity contribution is 5.91. The Morgan fingerprint density at radius 3 is 2.28 bits per heavy atom. The molecule has 3 aromatic rings. The molecule has 0 atom stereocenters. The van der Waals surface area contributed by atoms with Gasteiger partial charge in [-0.15, -0.1) is 0 Å². The van der Waals surface area contributed by atoms with E-state index in [1.807, 2.05) is 79.7 Å². The second-order valence-corrected chi connectivity index (χ2v) is 7.72. The number of hydrogen-bond acceptors (Lipinski definition) is 5. The number of rotatable bonds is 8. The minimum Gasteiger partial charge on any atom is -0.497 e. The molecular formula is C26H28N2O4. The zero-order valence-electron chi connectivity index (χ0n) is 18.9. The van der Waals surface area contributed by atoms with Crippen LogP contribution in [0.25, 0.3) is 16.8 Å². The predicted octanol–water partition coefficient (Wildman–Crippen LogP) is 4.13. The second kappa shape index (κ2) is 10.5. The summed E-state index contributed by atoms with van der Waals surface area (Å²) in [4.78, 5) is 27.9. The molecule has 0 saturated carbocycles. The lowest BCUT2D eigenvalue weighted by atomic mass is 10.1. The number of fused-ring (bicyclic) bond motifs is 1. The van der Waals surface area contributed by atoms with Crippen LogP contribution >= 0.6 is 0 Å². The molecule has 32 heavy (non-hydrogen) atoms. The van der Waals surface area contributed by atoms with Crippen molar-refractivity contribution in [3.8, 4) is 5.75 Å². The lowest BCUT2D eigenvalue weighted by molar-refractivity contribution is -0.147. The summed E-state index contributed by atoms with van der Waals surface area (Å²) in [7, 11) is 7.28. The summed E-state index contributed by atoms with van der Waals surface area (Å²) in [5.74, 6) is -0.0235. The van der Waals surface area contributed by atoms with Gasteiger partial charge in [-0.05, 0) is 58.3 Å². The number of benzene rings is 3. The third-order valence-electron chi connectivity index (χ3n) is 5.12. The highest BCUT2D eigenvalue weighted by atomic mass is 16.5. The van der Waals surface area contributed by atoms with Gasteiger partial charge >= 0.3 is 5.97 Å². The van der Waals surface area contributed by atoms with Gasteiger partial charge in [-0.25, -0.2) is 4.79 Å². The lowest BCUT2D eigenvalue weighted by Gasteiger charge is -2.18. The van der Waals surface area contributed by atoms with Gasteiger partial charge in [-0.1, -0.05) is 30.3 Å². The monoisotopic (exact) mass is 432 g/mol. The first-order valence-corrected chi connectivity index (χ1v) is 10.3. The molecule has 0 aliphatic carbocycles. The molecule has 166 valence electrons.